The van der Waals surface area contributed by atoms with E-state index in [0.29, 0.717) is 12.1 Å². The Balaban J connectivity index is 2.08. The smallest absolute Gasteiger partial charge is 0.354 e. The van der Waals surface area contributed by atoms with Crippen LogP contribution in [0.1, 0.15) is 21.7 Å². The van der Waals surface area contributed by atoms with Crippen molar-refractivity contribution in [2.75, 3.05) is 7.11 Å². The van der Waals surface area contributed by atoms with E-state index in [4.69, 9.17) is 9.84 Å². The highest BCUT2D eigenvalue weighted by Gasteiger charge is 2.15. The maximum absolute atomic E-state index is 11.1. The molecule has 1 aromatic heterocycles. The maximum atomic E-state index is 11.1. The molecule has 2 rings (SSSR count). The molecule has 0 amide bonds. The van der Waals surface area contributed by atoms with E-state index < -0.39 is 5.97 Å². The molecule has 2 aromatic rings. The molecular formula is C14H16N2O3. The van der Waals surface area contributed by atoms with Crippen molar-refractivity contribution in [1.82, 2.24) is 9.55 Å². The van der Waals surface area contributed by atoms with Gasteiger partial charge in [0.1, 0.15) is 11.4 Å². The van der Waals surface area contributed by atoms with Crippen LogP contribution < -0.4 is 4.74 Å². The summed E-state index contributed by atoms with van der Waals surface area (Å²) in [7, 11) is 3.31. The van der Waals surface area contributed by atoms with Crippen molar-refractivity contribution in [3.63, 3.8) is 0 Å². The number of methoxy groups -OCH3 is 1. The van der Waals surface area contributed by atoms with Gasteiger partial charge >= 0.3 is 5.97 Å². The molecule has 19 heavy (non-hydrogen) atoms. The monoisotopic (exact) mass is 260 g/mol. The van der Waals surface area contributed by atoms with Gasteiger partial charge in [0.2, 0.25) is 0 Å². The molecule has 100 valence electrons. The SMILES string of the molecule is COc1ccc(CCc2ncn(C)c2C(=O)O)cc1. The summed E-state index contributed by atoms with van der Waals surface area (Å²) in [6, 6.07) is 7.74. The molecule has 0 atom stereocenters. The number of carbonyl (C=O) groups is 1. The van der Waals surface area contributed by atoms with Crippen LogP contribution in [0.25, 0.3) is 0 Å². The molecule has 5 heteroatoms. The number of hydrogen-bond acceptors (Lipinski definition) is 3. The summed E-state index contributed by atoms with van der Waals surface area (Å²) >= 11 is 0. The van der Waals surface area contributed by atoms with Gasteiger partial charge in [0.25, 0.3) is 0 Å². The average Bonchev–Trinajstić information content (AvgIpc) is 2.78. The number of ether oxygens (including phenoxy) is 1. The van der Waals surface area contributed by atoms with Crippen LogP contribution in [-0.2, 0) is 19.9 Å². The molecule has 0 bridgehead atoms. The quantitative estimate of drug-likeness (QED) is 0.892. The van der Waals surface area contributed by atoms with Crippen LogP contribution in [0.2, 0.25) is 0 Å². The maximum Gasteiger partial charge on any atom is 0.354 e. The van der Waals surface area contributed by atoms with Crippen LogP contribution in [0, 0.1) is 0 Å². The van der Waals surface area contributed by atoms with Crippen LogP contribution in [-0.4, -0.2) is 27.7 Å². The number of imidazole rings is 1. The number of aromatic nitrogens is 2. The Morgan fingerprint density at radius 1 is 1.32 bits per heavy atom. The molecule has 0 fully saturated rings. The molecular weight excluding hydrogens is 244 g/mol. The number of aromatic carboxylic acids is 1. The zero-order valence-corrected chi connectivity index (χ0v) is 11.0. The van der Waals surface area contributed by atoms with E-state index in [-0.39, 0.29) is 5.69 Å². The van der Waals surface area contributed by atoms with Crippen molar-refractivity contribution in [2.24, 2.45) is 7.05 Å². The molecule has 5 nitrogen and oxygen atoms in total. The highest BCUT2D eigenvalue weighted by atomic mass is 16.5. The van der Waals surface area contributed by atoms with Crippen LogP contribution in [0.5, 0.6) is 5.75 Å². The first kappa shape index (κ1) is 13.1. The first-order chi connectivity index (χ1) is 9.11. The Kier molecular flexibility index (Phi) is 3.85. The zero-order chi connectivity index (χ0) is 13.8. The summed E-state index contributed by atoms with van der Waals surface area (Å²) in [4.78, 5) is 15.3. The molecule has 0 spiro atoms. The van der Waals surface area contributed by atoms with Crippen molar-refractivity contribution in [2.45, 2.75) is 12.8 Å². The van der Waals surface area contributed by atoms with Crippen LogP contribution in [0.3, 0.4) is 0 Å². The Labute approximate surface area is 111 Å². The highest BCUT2D eigenvalue weighted by Crippen LogP contribution is 2.14. The van der Waals surface area contributed by atoms with E-state index in [9.17, 15) is 4.79 Å². The first-order valence-corrected chi connectivity index (χ1v) is 5.98. The number of nitrogens with zero attached hydrogens (tertiary/aromatic N) is 2. The van der Waals surface area contributed by atoms with E-state index in [1.165, 1.54) is 10.9 Å². The lowest BCUT2D eigenvalue weighted by Crippen LogP contribution is -2.08. The summed E-state index contributed by atoms with van der Waals surface area (Å²) in [6.07, 6.45) is 2.89. The summed E-state index contributed by atoms with van der Waals surface area (Å²) in [6.45, 7) is 0. The second-order valence-electron chi connectivity index (χ2n) is 4.30. The van der Waals surface area contributed by atoms with Crippen LogP contribution in [0.15, 0.2) is 30.6 Å². The summed E-state index contributed by atoms with van der Waals surface area (Å²) in [5.74, 6) is -0.127. The molecule has 0 aliphatic rings. The lowest BCUT2D eigenvalue weighted by molar-refractivity contribution is 0.0685. The fourth-order valence-corrected chi connectivity index (χ4v) is 1.99. The molecule has 0 unspecified atom stereocenters. The standard InChI is InChI=1S/C14H16N2O3/c1-16-9-15-12(13(16)14(17)18)8-5-10-3-6-11(19-2)7-4-10/h3-4,6-7,9H,5,8H2,1-2H3,(H,17,18). The zero-order valence-electron chi connectivity index (χ0n) is 11.0. The topological polar surface area (TPSA) is 64.4 Å². The van der Waals surface area contributed by atoms with E-state index in [1.54, 1.807) is 14.2 Å². The van der Waals surface area contributed by atoms with Gasteiger partial charge in [0, 0.05) is 7.05 Å². The molecule has 0 saturated heterocycles. The van der Waals surface area contributed by atoms with Gasteiger partial charge in [0.15, 0.2) is 0 Å². The summed E-state index contributed by atoms with van der Waals surface area (Å²) < 4.78 is 6.63. The van der Waals surface area contributed by atoms with Gasteiger partial charge in [-0.05, 0) is 30.5 Å². The highest BCUT2D eigenvalue weighted by molar-refractivity contribution is 5.87. The third-order valence-corrected chi connectivity index (χ3v) is 3.02. The van der Waals surface area contributed by atoms with Gasteiger partial charge in [-0.15, -0.1) is 0 Å². The second-order valence-corrected chi connectivity index (χ2v) is 4.30. The number of carboxylic acid groups (broad SMARTS) is 1. The van der Waals surface area contributed by atoms with E-state index >= 15 is 0 Å². The third kappa shape index (κ3) is 2.93. The molecule has 1 N–H and O–H groups in total. The largest absolute Gasteiger partial charge is 0.497 e. The minimum atomic E-state index is -0.940. The first-order valence-electron chi connectivity index (χ1n) is 5.98. The molecule has 1 heterocycles. The van der Waals surface area contributed by atoms with E-state index in [2.05, 4.69) is 4.98 Å². The predicted molar refractivity (Wildman–Crippen MR) is 70.6 cm³/mol. The average molecular weight is 260 g/mol. The van der Waals surface area contributed by atoms with Crippen molar-refractivity contribution >= 4 is 5.97 Å². The van der Waals surface area contributed by atoms with Crippen molar-refractivity contribution in [1.29, 1.82) is 0 Å². The minimum Gasteiger partial charge on any atom is -0.497 e. The Hall–Kier alpha value is -2.30. The second kappa shape index (κ2) is 5.56. The lowest BCUT2D eigenvalue weighted by Gasteiger charge is -2.04. The van der Waals surface area contributed by atoms with E-state index in [0.717, 1.165) is 17.7 Å². The van der Waals surface area contributed by atoms with Gasteiger partial charge in [-0.2, -0.15) is 0 Å². The minimum absolute atomic E-state index is 0.258. The predicted octanol–water partition coefficient (Wildman–Crippen LogP) is 1.91. The molecule has 0 aliphatic heterocycles. The molecule has 0 radical (unpaired) electrons. The molecule has 0 saturated carbocycles. The van der Waals surface area contributed by atoms with Crippen molar-refractivity contribution in [3.05, 3.63) is 47.5 Å². The Morgan fingerprint density at radius 3 is 2.58 bits per heavy atom. The number of aryl methyl sites for hydroxylation is 3. The molecule has 0 aliphatic carbocycles. The van der Waals surface area contributed by atoms with Crippen LogP contribution >= 0.6 is 0 Å². The fourth-order valence-electron chi connectivity index (χ4n) is 1.99. The van der Waals surface area contributed by atoms with Gasteiger partial charge in [0.05, 0.1) is 19.1 Å². The van der Waals surface area contributed by atoms with Gasteiger partial charge in [-0.25, -0.2) is 9.78 Å². The van der Waals surface area contributed by atoms with Gasteiger partial charge in [-0.3, -0.25) is 0 Å². The lowest BCUT2D eigenvalue weighted by atomic mass is 10.1. The summed E-state index contributed by atoms with van der Waals surface area (Å²) in [5, 5.41) is 9.12. The third-order valence-electron chi connectivity index (χ3n) is 3.02. The normalized spacial score (nSPS) is 10.4. The van der Waals surface area contributed by atoms with E-state index in [1.807, 2.05) is 24.3 Å². The van der Waals surface area contributed by atoms with Gasteiger partial charge < -0.3 is 14.4 Å². The fraction of sp³-hybridized carbons (Fsp3) is 0.286. The van der Waals surface area contributed by atoms with Gasteiger partial charge in [-0.1, -0.05) is 12.1 Å². The number of rotatable bonds is 5. The molecule has 1 aromatic carbocycles. The van der Waals surface area contributed by atoms with Crippen molar-refractivity contribution < 1.29 is 14.6 Å². The van der Waals surface area contributed by atoms with Crippen LogP contribution in [0.4, 0.5) is 0 Å². The Morgan fingerprint density at radius 2 is 2.00 bits per heavy atom. The number of benzene rings is 1. The van der Waals surface area contributed by atoms with Crippen molar-refractivity contribution in [3.8, 4) is 5.75 Å². The Bertz CT molecular complexity index is 573. The number of hydrogen-bond donors (Lipinski definition) is 1. The summed E-state index contributed by atoms with van der Waals surface area (Å²) in [5.41, 5.74) is 2.00. The number of carboxylic acids is 1.